The second kappa shape index (κ2) is 6.41. The normalized spacial score (nSPS) is 19.1. The minimum absolute atomic E-state index is 0.0174. The summed E-state index contributed by atoms with van der Waals surface area (Å²) in [4.78, 5) is 11.6. The maximum Gasteiger partial charge on any atom is 0.252 e. The second-order valence-corrected chi connectivity index (χ2v) is 4.02. The van der Waals surface area contributed by atoms with Gasteiger partial charge in [-0.15, -0.1) is 0 Å². The van der Waals surface area contributed by atoms with Crippen LogP contribution in [0.4, 0.5) is 5.95 Å². The fourth-order valence-corrected chi connectivity index (χ4v) is 1.73. The van der Waals surface area contributed by atoms with Crippen LogP contribution in [0.3, 0.4) is 0 Å². The predicted octanol–water partition coefficient (Wildman–Crippen LogP) is -0.173. The first-order valence-electron chi connectivity index (χ1n) is 6.05. The van der Waals surface area contributed by atoms with Gasteiger partial charge in [-0.3, -0.25) is 10.1 Å². The van der Waals surface area contributed by atoms with Crippen molar-refractivity contribution in [2.24, 2.45) is 0 Å². The van der Waals surface area contributed by atoms with Crippen molar-refractivity contribution < 1.29 is 14.3 Å². The topological polar surface area (TPSA) is 91.2 Å². The number of anilines is 1. The molecular weight excluding hydrogens is 238 g/mol. The fraction of sp³-hybridized carbons (Fsp3) is 0.800. The SMILES string of the molecule is CCn1nnnc1NC(=O)COCC1CCCO1. The van der Waals surface area contributed by atoms with Crippen LogP contribution in [0.5, 0.6) is 0 Å². The maximum absolute atomic E-state index is 11.6. The highest BCUT2D eigenvalue weighted by Gasteiger charge is 2.16. The molecule has 1 aromatic rings. The van der Waals surface area contributed by atoms with Crippen molar-refractivity contribution in [1.29, 1.82) is 0 Å². The Hall–Kier alpha value is -1.54. The van der Waals surface area contributed by atoms with Crippen molar-refractivity contribution in [3.05, 3.63) is 0 Å². The van der Waals surface area contributed by atoms with E-state index in [4.69, 9.17) is 9.47 Å². The van der Waals surface area contributed by atoms with Gasteiger partial charge in [0.05, 0.1) is 12.7 Å². The lowest BCUT2D eigenvalue weighted by molar-refractivity contribution is -0.121. The maximum atomic E-state index is 11.6. The molecule has 18 heavy (non-hydrogen) atoms. The summed E-state index contributed by atoms with van der Waals surface area (Å²) in [7, 11) is 0. The molecule has 8 nitrogen and oxygen atoms in total. The van der Waals surface area contributed by atoms with Crippen molar-refractivity contribution in [2.75, 3.05) is 25.1 Å². The molecule has 0 bridgehead atoms. The summed E-state index contributed by atoms with van der Waals surface area (Å²) in [5.41, 5.74) is 0. The van der Waals surface area contributed by atoms with Gasteiger partial charge in [0.1, 0.15) is 6.61 Å². The molecule has 1 amide bonds. The van der Waals surface area contributed by atoms with Crippen LogP contribution in [0.2, 0.25) is 0 Å². The lowest BCUT2D eigenvalue weighted by atomic mass is 10.2. The third-order valence-electron chi connectivity index (χ3n) is 2.64. The summed E-state index contributed by atoms with van der Waals surface area (Å²) in [6.45, 7) is 3.70. The fourth-order valence-electron chi connectivity index (χ4n) is 1.73. The number of aryl methyl sites for hydroxylation is 1. The number of rotatable bonds is 6. The number of nitrogens with zero attached hydrogens (tertiary/aromatic N) is 4. The molecule has 1 saturated heterocycles. The summed E-state index contributed by atoms with van der Waals surface area (Å²) in [6.07, 6.45) is 2.18. The first-order chi connectivity index (χ1) is 8.79. The number of carbonyl (C=O) groups excluding carboxylic acids is 1. The van der Waals surface area contributed by atoms with Crippen LogP contribution in [0.25, 0.3) is 0 Å². The molecule has 1 fully saturated rings. The molecule has 2 rings (SSSR count). The molecule has 0 radical (unpaired) electrons. The van der Waals surface area contributed by atoms with Gasteiger partial charge in [-0.05, 0) is 30.2 Å². The molecule has 1 aliphatic heterocycles. The standard InChI is InChI=1S/C10H17N5O3/c1-2-15-10(12-13-14-15)11-9(16)7-17-6-8-4-3-5-18-8/h8H,2-7H2,1H3,(H,11,12,14,16). The minimum Gasteiger partial charge on any atom is -0.376 e. The highest BCUT2D eigenvalue weighted by Crippen LogP contribution is 2.11. The number of tetrazole rings is 1. The van der Waals surface area contributed by atoms with Crippen molar-refractivity contribution in [3.8, 4) is 0 Å². The highest BCUT2D eigenvalue weighted by atomic mass is 16.5. The Morgan fingerprint density at radius 3 is 3.28 bits per heavy atom. The van der Waals surface area contributed by atoms with Gasteiger partial charge in [0, 0.05) is 13.2 Å². The van der Waals surface area contributed by atoms with E-state index in [1.54, 1.807) is 0 Å². The van der Waals surface area contributed by atoms with E-state index in [0.29, 0.717) is 19.1 Å². The number of nitrogens with one attached hydrogen (secondary N) is 1. The number of hydrogen-bond donors (Lipinski definition) is 1. The van der Waals surface area contributed by atoms with Crippen LogP contribution in [-0.2, 0) is 20.8 Å². The Kier molecular flexibility index (Phi) is 4.59. The number of carbonyl (C=O) groups is 1. The number of amides is 1. The molecule has 0 spiro atoms. The summed E-state index contributed by atoms with van der Waals surface area (Å²) in [5.74, 6) is 0.0701. The van der Waals surface area contributed by atoms with Crippen LogP contribution in [-0.4, -0.2) is 52.0 Å². The Morgan fingerprint density at radius 1 is 1.67 bits per heavy atom. The van der Waals surface area contributed by atoms with E-state index in [0.717, 1.165) is 19.4 Å². The summed E-state index contributed by atoms with van der Waals surface area (Å²) >= 11 is 0. The largest absolute Gasteiger partial charge is 0.376 e. The van der Waals surface area contributed by atoms with Crippen molar-refractivity contribution in [1.82, 2.24) is 20.2 Å². The monoisotopic (exact) mass is 255 g/mol. The Morgan fingerprint density at radius 2 is 2.56 bits per heavy atom. The molecular formula is C10H17N5O3. The Bertz CT molecular complexity index is 389. The lowest BCUT2D eigenvalue weighted by Crippen LogP contribution is -2.24. The Labute approximate surface area is 105 Å². The van der Waals surface area contributed by atoms with Crippen molar-refractivity contribution in [2.45, 2.75) is 32.4 Å². The van der Waals surface area contributed by atoms with Gasteiger partial charge in [-0.25, -0.2) is 4.68 Å². The smallest absolute Gasteiger partial charge is 0.252 e. The number of ether oxygens (including phenoxy) is 2. The first kappa shape index (κ1) is 12.9. The summed E-state index contributed by atoms with van der Waals surface area (Å²) in [5, 5.41) is 13.5. The van der Waals surface area contributed by atoms with Crippen LogP contribution in [0, 0.1) is 0 Å². The van der Waals surface area contributed by atoms with Crippen LogP contribution in [0.1, 0.15) is 19.8 Å². The average Bonchev–Trinajstić information content (AvgIpc) is 3.00. The second-order valence-electron chi connectivity index (χ2n) is 4.02. The quantitative estimate of drug-likeness (QED) is 0.758. The zero-order chi connectivity index (χ0) is 12.8. The average molecular weight is 255 g/mol. The van der Waals surface area contributed by atoms with Gasteiger partial charge in [0.15, 0.2) is 0 Å². The third-order valence-corrected chi connectivity index (χ3v) is 2.64. The van der Waals surface area contributed by atoms with E-state index in [2.05, 4.69) is 20.8 Å². The number of hydrogen-bond acceptors (Lipinski definition) is 6. The predicted molar refractivity (Wildman–Crippen MR) is 61.9 cm³/mol. The molecule has 100 valence electrons. The van der Waals surface area contributed by atoms with E-state index < -0.39 is 0 Å². The van der Waals surface area contributed by atoms with Gasteiger partial charge < -0.3 is 9.47 Å². The molecule has 1 aliphatic rings. The lowest BCUT2D eigenvalue weighted by Gasteiger charge is -2.09. The highest BCUT2D eigenvalue weighted by molar-refractivity contribution is 5.89. The third kappa shape index (κ3) is 3.47. The molecule has 8 heteroatoms. The first-order valence-corrected chi connectivity index (χ1v) is 6.05. The molecule has 2 heterocycles. The van der Waals surface area contributed by atoms with E-state index in [9.17, 15) is 4.79 Å². The zero-order valence-corrected chi connectivity index (χ0v) is 10.3. The molecule has 1 aromatic heterocycles. The van der Waals surface area contributed by atoms with Gasteiger partial charge in [0.25, 0.3) is 5.91 Å². The van der Waals surface area contributed by atoms with E-state index in [1.807, 2.05) is 6.92 Å². The van der Waals surface area contributed by atoms with Crippen molar-refractivity contribution >= 4 is 11.9 Å². The van der Waals surface area contributed by atoms with Crippen LogP contribution >= 0.6 is 0 Å². The van der Waals surface area contributed by atoms with Gasteiger partial charge in [0.2, 0.25) is 5.95 Å². The van der Waals surface area contributed by atoms with E-state index >= 15 is 0 Å². The van der Waals surface area contributed by atoms with Crippen molar-refractivity contribution in [3.63, 3.8) is 0 Å². The zero-order valence-electron chi connectivity index (χ0n) is 10.3. The molecule has 0 saturated carbocycles. The van der Waals surface area contributed by atoms with Gasteiger partial charge in [-0.1, -0.05) is 5.10 Å². The van der Waals surface area contributed by atoms with Crippen LogP contribution in [0.15, 0.2) is 0 Å². The molecule has 1 atom stereocenters. The molecule has 1 N–H and O–H groups in total. The van der Waals surface area contributed by atoms with E-state index in [1.165, 1.54) is 4.68 Å². The van der Waals surface area contributed by atoms with Crippen LogP contribution < -0.4 is 5.32 Å². The molecule has 0 aliphatic carbocycles. The number of aromatic nitrogens is 4. The van der Waals surface area contributed by atoms with Gasteiger partial charge in [-0.2, -0.15) is 0 Å². The molecule has 0 aromatic carbocycles. The molecule has 1 unspecified atom stereocenters. The van der Waals surface area contributed by atoms with E-state index in [-0.39, 0.29) is 18.6 Å². The Balaban J connectivity index is 1.68. The minimum atomic E-state index is -0.266. The summed E-state index contributed by atoms with van der Waals surface area (Å²) in [6, 6.07) is 0. The summed E-state index contributed by atoms with van der Waals surface area (Å²) < 4.78 is 12.2. The van der Waals surface area contributed by atoms with Gasteiger partial charge >= 0.3 is 0 Å².